The summed E-state index contributed by atoms with van der Waals surface area (Å²) in [7, 11) is 0. The molecule has 158 valence electrons. The van der Waals surface area contributed by atoms with Crippen LogP contribution in [0.2, 0.25) is 0 Å². The van der Waals surface area contributed by atoms with Crippen LogP contribution < -0.4 is 10.6 Å². The maximum absolute atomic E-state index is 12.0. The fourth-order valence-corrected chi connectivity index (χ4v) is 3.17. The highest BCUT2D eigenvalue weighted by atomic mass is 16.5. The first-order chi connectivity index (χ1) is 15.2. The van der Waals surface area contributed by atoms with Crippen molar-refractivity contribution in [3.8, 4) is 11.5 Å². The van der Waals surface area contributed by atoms with Crippen LogP contribution in [0.4, 0.5) is 0 Å². The number of fused-ring (bicyclic) bond motifs is 1. The molecule has 2 aromatic rings. The molecule has 1 aliphatic heterocycles. The van der Waals surface area contributed by atoms with E-state index in [1.807, 2.05) is 30.4 Å². The third-order valence-corrected chi connectivity index (χ3v) is 4.71. The van der Waals surface area contributed by atoms with Gasteiger partial charge in [-0.25, -0.2) is 0 Å². The first kappa shape index (κ1) is 20.3. The monoisotopic (exact) mass is 419 g/mol. The second kappa shape index (κ2) is 9.70. The second-order valence-electron chi connectivity index (χ2n) is 6.92. The van der Waals surface area contributed by atoms with Crippen molar-refractivity contribution in [1.82, 2.24) is 25.8 Å². The molecule has 10 heteroatoms. The van der Waals surface area contributed by atoms with Crippen molar-refractivity contribution in [2.45, 2.75) is 19.3 Å². The molecule has 2 amide bonds. The lowest BCUT2D eigenvalue weighted by Gasteiger charge is -2.20. The molecule has 0 radical (unpaired) electrons. The van der Waals surface area contributed by atoms with Gasteiger partial charge in [0.25, 0.3) is 5.91 Å². The van der Waals surface area contributed by atoms with Crippen LogP contribution >= 0.6 is 0 Å². The van der Waals surface area contributed by atoms with Crippen molar-refractivity contribution >= 4 is 11.8 Å². The molecule has 3 heterocycles. The minimum absolute atomic E-state index is 0.0669. The fraction of sp³-hybridized carbons (Fsp3) is 0.286. The van der Waals surface area contributed by atoms with Crippen LogP contribution in [0, 0.1) is 5.92 Å². The van der Waals surface area contributed by atoms with Gasteiger partial charge in [-0.15, -0.1) is 10.2 Å². The van der Waals surface area contributed by atoms with Crippen molar-refractivity contribution in [2.75, 3.05) is 13.1 Å². The van der Waals surface area contributed by atoms with Gasteiger partial charge in [0.05, 0.1) is 5.92 Å². The number of rotatable bonds is 9. The van der Waals surface area contributed by atoms with E-state index < -0.39 is 0 Å². The van der Waals surface area contributed by atoms with Gasteiger partial charge in [0.2, 0.25) is 17.6 Å². The van der Waals surface area contributed by atoms with E-state index in [4.69, 9.17) is 4.52 Å². The van der Waals surface area contributed by atoms with Gasteiger partial charge < -0.3 is 15.2 Å². The highest BCUT2D eigenvalue weighted by Crippen LogP contribution is 2.27. The number of hydrogen-bond acceptors (Lipinski definition) is 8. The molecule has 2 N–H and O–H groups in total. The zero-order valence-electron chi connectivity index (χ0n) is 16.7. The van der Waals surface area contributed by atoms with Crippen LogP contribution in [-0.2, 0) is 16.0 Å². The zero-order valence-corrected chi connectivity index (χ0v) is 16.7. The highest BCUT2D eigenvalue weighted by molar-refractivity contribution is 5.86. The summed E-state index contributed by atoms with van der Waals surface area (Å²) in [6.07, 6.45) is 10.4. The number of hydrogen-bond donors (Lipinski definition) is 2. The van der Waals surface area contributed by atoms with Crippen LogP contribution in [0.1, 0.15) is 18.7 Å². The molecule has 1 aliphatic carbocycles. The first-order valence-corrected chi connectivity index (χ1v) is 10.00. The summed E-state index contributed by atoms with van der Waals surface area (Å²) in [5.74, 6) is 0.742. The Morgan fingerprint density at radius 3 is 2.97 bits per heavy atom. The van der Waals surface area contributed by atoms with Crippen LogP contribution in [-0.4, -0.2) is 40.0 Å². The largest absolute Gasteiger partial charge is 0.367 e. The Hall–Kier alpha value is -3.95. The molecule has 0 spiro atoms. The van der Waals surface area contributed by atoms with E-state index in [0.717, 1.165) is 5.57 Å². The number of pyridine rings is 1. The first-order valence-electron chi connectivity index (χ1n) is 10.00. The minimum atomic E-state index is -0.387. The van der Waals surface area contributed by atoms with Crippen molar-refractivity contribution in [3.63, 3.8) is 0 Å². The van der Waals surface area contributed by atoms with E-state index in [2.05, 4.69) is 36.0 Å². The Balaban J connectivity index is 1.16. The van der Waals surface area contributed by atoms with Gasteiger partial charge >= 0.3 is 0 Å². The van der Waals surface area contributed by atoms with E-state index >= 15 is 0 Å². The van der Waals surface area contributed by atoms with Gasteiger partial charge in [-0.2, -0.15) is 4.98 Å². The summed E-state index contributed by atoms with van der Waals surface area (Å²) in [6, 6.07) is 5.48. The normalized spacial score (nSPS) is 17.0. The zero-order chi connectivity index (χ0) is 21.5. The molecule has 1 unspecified atom stereocenters. The van der Waals surface area contributed by atoms with Gasteiger partial charge in [0.1, 0.15) is 5.69 Å². The quantitative estimate of drug-likeness (QED) is 0.594. The summed E-state index contributed by atoms with van der Waals surface area (Å²) in [5, 5.41) is 17.5. The molecule has 1 atom stereocenters. The molecule has 0 saturated heterocycles. The Morgan fingerprint density at radius 2 is 2.10 bits per heavy atom. The predicted molar refractivity (Wildman–Crippen MR) is 110 cm³/mol. The van der Waals surface area contributed by atoms with Gasteiger partial charge in [-0.05, 0) is 18.6 Å². The van der Waals surface area contributed by atoms with Gasteiger partial charge in [0.15, 0.2) is 5.82 Å². The Bertz CT molecular complexity index is 1070. The number of amides is 2. The number of aryl methyl sites for hydroxylation is 1. The maximum Gasteiger partial charge on any atom is 0.276 e. The number of nitrogens with zero attached hydrogens (tertiary/aromatic N) is 5. The van der Waals surface area contributed by atoms with Crippen LogP contribution in [0.5, 0.6) is 0 Å². The average Bonchev–Trinajstić information content (AvgIpc) is 3.28. The summed E-state index contributed by atoms with van der Waals surface area (Å²) in [6.45, 7) is 0.896. The SMILES string of the molecule is O=C(CCCc1nc(-c2ccccn2)no1)NCCNC1=C2C=CC=CC2C(=O)N=N1. The lowest BCUT2D eigenvalue weighted by Crippen LogP contribution is -2.32. The molecule has 0 aromatic carbocycles. The number of allylic oxidation sites excluding steroid dienone is 3. The molecule has 2 aliphatic rings. The van der Waals surface area contributed by atoms with Crippen LogP contribution in [0.25, 0.3) is 11.5 Å². The Kier molecular flexibility index (Phi) is 6.36. The maximum atomic E-state index is 12.0. The lowest BCUT2D eigenvalue weighted by molar-refractivity contribution is -0.121. The summed E-state index contributed by atoms with van der Waals surface area (Å²) < 4.78 is 5.22. The highest BCUT2D eigenvalue weighted by Gasteiger charge is 2.26. The molecule has 2 aromatic heterocycles. The standard InChI is InChI=1S/C21H21N7O3/c29-17(9-5-10-18-25-20(28-31-18)16-8-3-4-11-22-16)23-12-13-24-19-14-6-1-2-7-15(14)21(30)27-26-19/h1-4,6-8,11,15,24H,5,9-10,12-13H2,(H,23,29). The van der Waals surface area contributed by atoms with Gasteiger partial charge in [-0.1, -0.05) is 35.5 Å². The average molecular weight is 419 g/mol. The predicted octanol–water partition coefficient (Wildman–Crippen LogP) is 2.11. The van der Waals surface area contributed by atoms with Gasteiger partial charge in [-0.3, -0.25) is 14.6 Å². The molecule has 0 fully saturated rings. The molecule has 4 rings (SSSR count). The molecule has 0 bridgehead atoms. The smallest absolute Gasteiger partial charge is 0.276 e. The fourth-order valence-electron chi connectivity index (χ4n) is 3.17. The molecule has 31 heavy (non-hydrogen) atoms. The number of azo groups is 1. The molecule has 0 saturated carbocycles. The molecular formula is C21H21N7O3. The summed E-state index contributed by atoms with van der Waals surface area (Å²) in [5.41, 5.74) is 1.44. The minimum Gasteiger partial charge on any atom is -0.367 e. The van der Waals surface area contributed by atoms with E-state index in [-0.39, 0.29) is 17.7 Å². The van der Waals surface area contributed by atoms with Crippen molar-refractivity contribution in [3.05, 3.63) is 66.0 Å². The third-order valence-electron chi connectivity index (χ3n) is 4.71. The Morgan fingerprint density at radius 1 is 1.16 bits per heavy atom. The number of carbonyl (C=O) groups excluding carboxylic acids is 2. The van der Waals surface area contributed by atoms with Crippen LogP contribution in [0.3, 0.4) is 0 Å². The Labute approximate surface area is 178 Å². The topological polar surface area (TPSA) is 135 Å². The van der Waals surface area contributed by atoms with Crippen molar-refractivity contribution < 1.29 is 14.1 Å². The summed E-state index contributed by atoms with van der Waals surface area (Å²) >= 11 is 0. The van der Waals surface area contributed by atoms with Gasteiger partial charge in [0, 0.05) is 37.7 Å². The van der Waals surface area contributed by atoms with Crippen LogP contribution in [0.15, 0.2) is 74.8 Å². The van der Waals surface area contributed by atoms with Crippen molar-refractivity contribution in [1.29, 1.82) is 0 Å². The number of nitrogens with one attached hydrogen (secondary N) is 2. The van der Waals surface area contributed by atoms with E-state index in [1.165, 1.54) is 0 Å². The molecular weight excluding hydrogens is 398 g/mol. The number of aromatic nitrogens is 3. The second-order valence-corrected chi connectivity index (χ2v) is 6.92. The molecule has 10 nitrogen and oxygen atoms in total. The van der Waals surface area contributed by atoms with Crippen molar-refractivity contribution in [2.24, 2.45) is 16.1 Å². The van der Waals surface area contributed by atoms with E-state index in [9.17, 15) is 9.59 Å². The summed E-state index contributed by atoms with van der Waals surface area (Å²) in [4.78, 5) is 32.3. The number of carbonyl (C=O) groups is 2. The lowest BCUT2D eigenvalue weighted by atomic mass is 9.93. The van der Waals surface area contributed by atoms with E-state index in [0.29, 0.717) is 55.6 Å². The van der Waals surface area contributed by atoms with E-state index in [1.54, 1.807) is 18.3 Å². The third kappa shape index (κ3) is 5.16.